The molecule has 5 aliphatic rings. The molecule has 5 rings (SSSR count). The Bertz CT molecular complexity index is 728. The zero-order valence-corrected chi connectivity index (χ0v) is 17.8. The van der Waals surface area contributed by atoms with Crippen molar-refractivity contribution in [3.05, 3.63) is 12.2 Å². The number of Topliss-reactive ketones (excluding diaryl/α,β-unsaturated/α-hetero) is 1. The summed E-state index contributed by atoms with van der Waals surface area (Å²) in [6.07, 6.45) is 8.85. The van der Waals surface area contributed by atoms with Gasteiger partial charge in [0.2, 0.25) is 0 Å². The van der Waals surface area contributed by atoms with E-state index < -0.39 is 0 Å². The van der Waals surface area contributed by atoms with Crippen molar-refractivity contribution in [2.45, 2.75) is 70.8 Å². The molecule has 5 fully saturated rings. The normalized spacial score (nSPS) is 48.3. The van der Waals surface area contributed by atoms with Crippen LogP contribution in [0.5, 0.6) is 0 Å². The lowest BCUT2D eigenvalue weighted by atomic mass is 9.44. The highest BCUT2D eigenvalue weighted by Crippen LogP contribution is 2.66. The summed E-state index contributed by atoms with van der Waals surface area (Å²) in [5.74, 6) is 2.27. The van der Waals surface area contributed by atoms with Crippen LogP contribution in [0.3, 0.4) is 0 Å². The van der Waals surface area contributed by atoms with Gasteiger partial charge in [-0.25, -0.2) is 0 Å². The maximum Gasteiger partial charge on any atom is 0.141 e. The van der Waals surface area contributed by atoms with Crippen LogP contribution in [0.4, 0.5) is 0 Å². The van der Waals surface area contributed by atoms with Crippen LogP contribution >= 0.6 is 0 Å². The fourth-order valence-corrected chi connectivity index (χ4v) is 7.85. The second-order valence-corrected chi connectivity index (χ2v) is 10.7. The first-order chi connectivity index (χ1) is 14.0. The number of ketones is 1. The van der Waals surface area contributed by atoms with E-state index in [1.165, 1.54) is 5.57 Å². The predicted octanol–water partition coefficient (Wildman–Crippen LogP) is 3.47. The summed E-state index contributed by atoms with van der Waals surface area (Å²) < 4.78 is 0. The molecular formula is C24H36N2O3. The van der Waals surface area contributed by atoms with Crippen molar-refractivity contribution < 1.29 is 14.7 Å². The van der Waals surface area contributed by atoms with Gasteiger partial charge in [0.25, 0.3) is 0 Å². The first kappa shape index (κ1) is 19.7. The molecule has 29 heavy (non-hydrogen) atoms. The monoisotopic (exact) mass is 400 g/mol. The third kappa shape index (κ3) is 2.95. The molecule has 0 amide bonds. The number of nitrogens with one attached hydrogen (secondary N) is 1. The second-order valence-electron chi connectivity index (χ2n) is 10.7. The molecule has 4 aliphatic carbocycles. The number of oxime groups is 1. The van der Waals surface area contributed by atoms with Crippen molar-refractivity contribution in [1.82, 2.24) is 5.32 Å². The Hall–Kier alpha value is -1.20. The summed E-state index contributed by atoms with van der Waals surface area (Å²) in [6.45, 7) is 8.85. The highest BCUT2D eigenvalue weighted by Gasteiger charge is 2.62. The summed E-state index contributed by atoms with van der Waals surface area (Å²) >= 11 is 0. The lowest BCUT2D eigenvalue weighted by Crippen LogP contribution is -2.57. The molecule has 5 unspecified atom stereocenters. The van der Waals surface area contributed by atoms with Crippen molar-refractivity contribution in [3.63, 3.8) is 0 Å². The number of hydrogen-bond acceptors (Lipinski definition) is 5. The van der Waals surface area contributed by atoms with Crippen LogP contribution in [0, 0.1) is 34.5 Å². The standard InChI is InChI=1S/C24H36N2O3/c1-15-11-18-19-3-4-22(28)23(19,2)8-6-20(18)24(14-27)9-5-16(12-21(15)24)26-29-17-7-10-25-13-17/h17-21,25,27H,1,3-14H2,2H3/b26-16+/t17?,18?,19?,20?,21?,23-,24-/m0/s1. The molecule has 0 spiro atoms. The predicted molar refractivity (Wildman–Crippen MR) is 112 cm³/mol. The fraction of sp³-hybridized carbons (Fsp3) is 0.833. The van der Waals surface area contributed by atoms with Crippen molar-refractivity contribution in [3.8, 4) is 0 Å². The molecule has 0 aromatic carbocycles. The van der Waals surface area contributed by atoms with E-state index in [2.05, 4.69) is 24.0 Å². The van der Waals surface area contributed by atoms with E-state index in [0.717, 1.165) is 76.6 Å². The van der Waals surface area contributed by atoms with E-state index in [4.69, 9.17) is 4.84 Å². The minimum atomic E-state index is -0.130. The van der Waals surface area contributed by atoms with E-state index in [1.54, 1.807) is 0 Å². The third-order valence-corrected chi connectivity index (χ3v) is 9.53. The van der Waals surface area contributed by atoms with Gasteiger partial charge in [0, 0.05) is 36.8 Å². The van der Waals surface area contributed by atoms with E-state index >= 15 is 0 Å². The first-order valence-corrected chi connectivity index (χ1v) is 11.7. The number of allylic oxidation sites excluding steroid dienone is 1. The summed E-state index contributed by atoms with van der Waals surface area (Å²) in [5.41, 5.74) is 2.21. The van der Waals surface area contributed by atoms with Gasteiger partial charge in [-0.05, 0) is 75.2 Å². The first-order valence-electron chi connectivity index (χ1n) is 11.7. The summed E-state index contributed by atoms with van der Waals surface area (Å²) in [4.78, 5) is 18.4. The van der Waals surface area contributed by atoms with Gasteiger partial charge in [0.05, 0.1) is 5.71 Å². The number of carbonyl (C=O) groups excluding carboxylic acids is 1. The molecule has 160 valence electrons. The number of fused-ring (bicyclic) bond motifs is 5. The van der Waals surface area contributed by atoms with Crippen LogP contribution in [-0.4, -0.2) is 42.4 Å². The van der Waals surface area contributed by atoms with Crippen LogP contribution in [0.1, 0.15) is 64.7 Å². The van der Waals surface area contributed by atoms with E-state index in [1.807, 2.05) is 0 Å². The molecule has 4 saturated carbocycles. The topological polar surface area (TPSA) is 70.9 Å². The Labute approximate surface area is 174 Å². The van der Waals surface area contributed by atoms with E-state index in [9.17, 15) is 9.90 Å². The Morgan fingerprint density at radius 2 is 2.07 bits per heavy atom. The van der Waals surface area contributed by atoms with E-state index in [0.29, 0.717) is 29.5 Å². The van der Waals surface area contributed by atoms with Gasteiger partial charge in [-0.3, -0.25) is 4.79 Å². The molecule has 0 aromatic rings. The number of aliphatic hydroxyl groups excluding tert-OH is 1. The number of rotatable bonds is 3. The third-order valence-electron chi connectivity index (χ3n) is 9.53. The number of aliphatic hydroxyl groups is 1. The molecule has 7 atom stereocenters. The molecule has 0 aromatic heterocycles. The highest BCUT2D eigenvalue weighted by molar-refractivity contribution is 5.87. The van der Waals surface area contributed by atoms with Gasteiger partial charge in [-0.2, -0.15) is 0 Å². The van der Waals surface area contributed by atoms with Gasteiger partial charge in [-0.1, -0.05) is 24.2 Å². The number of carbonyl (C=O) groups is 1. The second kappa shape index (κ2) is 7.19. The summed E-state index contributed by atoms with van der Waals surface area (Å²) in [6, 6.07) is 0. The SMILES string of the molecule is C=C1CC2C(CC[C@]3(C)C(=O)CCC23)[C@@]2(CO)CC/C(=N\OC3CCNC3)CC12. The zero-order chi connectivity index (χ0) is 20.2. The molecular weight excluding hydrogens is 364 g/mol. The average Bonchev–Trinajstić information content (AvgIpc) is 3.35. The molecule has 0 bridgehead atoms. The summed E-state index contributed by atoms with van der Waals surface area (Å²) in [5, 5.41) is 18.6. The minimum absolute atomic E-state index is 0.0824. The van der Waals surface area contributed by atoms with E-state index in [-0.39, 0.29) is 23.5 Å². The zero-order valence-electron chi connectivity index (χ0n) is 17.8. The van der Waals surface area contributed by atoms with Crippen molar-refractivity contribution in [1.29, 1.82) is 0 Å². The van der Waals surface area contributed by atoms with Gasteiger partial charge < -0.3 is 15.3 Å². The smallest absolute Gasteiger partial charge is 0.141 e. The van der Waals surface area contributed by atoms with Gasteiger partial charge in [0.1, 0.15) is 11.9 Å². The maximum absolute atomic E-state index is 12.6. The molecule has 0 radical (unpaired) electrons. The quantitative estimate of drug-likeness (QED) is 0.562. The van der Waals surface area contributed by atoms with Crippen molar-refractivity contribution in [2.24, 2.45) is 39.7 Å². The van der Waals surface area contributed by atoms with Crippen molar-refractivity contribution >= 4 is 11.5 Å². The van der Waals surface area contributed by atoms with Crippen LogP contribution in [0.15, 0.2) is 17.3 Å². The molecule has 2 N–H and O–H groups in total. The Morgan fingerprint density at radius 3 is 2.83 bits per heavy atom. The minimum Gasteiger partial charge on any atom is -0.396 e. The highest BCUT2D eigenvalue weighted by atomic mass is 16.6. The Morgan fingerprint density at radius 1 is 1.21 bits per heavy atom. The molecule has 5 heteroatoms. The van der Waals surface area contributed by atoms with Gasteiger partial charge in [-0.15, -0.1) is 0 Å². The molecule has 1 saturated heterocycles. The number of nitrogens with zero attached hydrogens (tertiary/aromatic N) is 1. The fourth-order valence-electron chi connectivity index (χ4n) is 7.85. The van der Waals surface area contributed by atoms with Gasteiger partial charge >= 0.3 is 0 Å². The Kier molecular flexibility index (Phi) is 4.90. The Balaban J connectivity index is 1.38. The number of hydrogen-bond donors (Lipinski definition) is 2. The maximum atomic E-state index is 12.6. The van der Waals surface area contributed by atoms with Crippen LogP contribution in [0.2, 0.25) is 0 Å². The molecule has 5 nitrogen and oxygen atoms in total. The lowest BCUT2D eigenvalue weighted by molar-refractivity contribution is -0.138. The molecule has 1 heterocycles. The average molecular weight is 401 g/mol. The van der Waals surface area contributed by atoms with Gasteiger partial charge in [0.15, 0.2) is 0 Å². The van der Waals surface area contributed by atoms with Crippen LogP contribution in [0.25, 0.3) is 0 Å². The lowest BCUT2D eigenvalue weighted by Gasteiger charge is -2.60. The van der Waals surface area contributed by atoms with Crippen LogP contribution in [-0.2, 0) is 9.63 Å². The largest absolute Gasteiger partial charge is 0.396 e. The molecule has 1 aliphatic heterocycles. The van der Waals surface area contributed by atoms with Crippen LogP contribution < -0.4 is 5.32 Å². The van der Waals surface area contributed by atoms with Crippen molar-refractivity contribution in [2.75, 3.05) is 19.7 Å². The summed E-state index contributed by atoms with van der Waals surface area (Å²) in [7, 11) is 0.